The second-order valence-corrected chi connectivity index (χ2v) is 3.73. The van der Waals surface area contributed by atoms with Crippen molar-refractivity contribution in [2.24, 2.45) is 0 Å². The third-order valence-corrected chi connectivity index (χ3v) is 2.45. The lowest BCUT2D eigenvalue weighted by molar-refractivity contribution is -0.121. The van der Waals surface area contributed by atoms with E-state index in [1.165, 1.54) is 0 Å². The van der Waals surface area contributed by atoms with Crippen molar-refractivity contribution in [3.8, 4) is 0 Å². The average Bonchev–Trinajstić information content (AvgIpc) is 2.57. The van der Waals surface area contributed by atoms with Crippen molar-refractivity contribution in [3.63, 3.8) is 0 Å². The molecule has 0 spiro atoms. The van der Waals surface area contributed by atoms with Crippen LogP contribution in [0.1, 0.15) is 29.9 Å². The zero-order chi connectivity index (χ0) is 12.0. The number of aryl methyl sites for hydroxylation is 2. The molecule has 4 nitrogen and oxygen atoms in total. The minimum atomic E-state index is 0.0573. The monoisotopic (exact) mass is 222 g/mol. The molecule has 1 N–H and O–H groups in total. The van der Waals surface area contributed by atoms with Gasteiger partial charge in [0, 0.05) is 18.5 Å². The van der Waals surface area contributed by atoms with Gasteiger partial charge in [-0.2, -0.15) is 0 Å². The number of amides is 1. The molecule has 4 heteroatoms. The molecule has 0 aliphatic rings. The van der Waals surface area contributed by atoms with Crippen molar-refractivity contribution in [3.05, 3.63) is 29.7 Å². The third-order valence-electron chi connectivity index (χ3n) is 2.45. The molecule has 0 unspecified atom stereocenters. The van der Waals surface area contributed by atoms with Crippen LogP contribution in [0, 0.1) is 13.8 Å². The van der Waals surface area contributed by atoms with Crippen LogP contribution < -0.4 is 5.32 Å². The smallest absolute Gasteiger partial charge is 0.220 e. The van der Waals surface area contributed by atoms with E-state index in [0.29, 0.717) is 19.4 Å². The molecule has 0 aromatic carbocycles. The van der Waals surface area contributed by atoms with Crippen LogP contribution in [0.2, 0.25) is 0 Å². The maximum atomic E-state index is 11.4. The van der Waals surface area contributed by atoms with Gasteiger partial charge in [-0.1, -0.05) is 11.2 Å². The summed E-state index contributed by atoms with van der Waals surface area (Å²) in [4.78, 5) is 11.4. The number of nitrogens with one attached hydrogen (secondary N) is 1. The van der Waals surface area contributed by atoms with Gasteiger partial charge in [-0.15, -0.1) is 6.58 Å². The Morgan fingerprint density at radius 3 is 2.88 bits per heavy atom. The van der Waals surface area contributed by atoms with Gasteiger partial charge in [0.2, 0.25) is 5.91 Å². The van der Waals surface area contributed by atoms with E-state index in [-0.39, 0.29) is 5.91 Å². The molecule has 0 fully saturated rings. The zero-order valence-corrected chi connectivity index (χ0v) is 9.88. The molecule has 1 rings (SSSR count). The maximum absolute atomic E-state index is 11.4. The number of aromatic nitrogens is 1. The van der Waals surface area contributed by atoms with Gasteiger partial charge in [-0.3, -0.25) is 4.79 Å². The highest BCUT2D eigenvalue weighted by atomic mass is 16.5. The maximum Gasteiger partial charge on any atom is 0.220 e. The molecule has 0 aliphatic carbocycles. The van der Waals surface area contributed by atoms with Crippen LogP contribution in [0.3, 0.4) is 0 Å². The fraction of sp³-hybridized carbons (Fsp3) is 0.500. The first-order valence-electron chi connectivity index (χ1n) is 5.44. The molecule has 1 amide bonds. The Hall–Kier alpha value is -1.58. The molecule has 88 valence electrons. The highest BCUT2D eigenvalue weighted by molar-refractivity contribution is 5.76. The van der Waals surface area contributed by atoms with E-state index in [1.807, 2.05) is 13.8 Å². The lowest BCUT2D eigenvalue weighted by atomic mass is 10.1. The second kappa shape index (κ2) is 6.10. The summed E-state index contributed by atoms with van der Waals surface area (Å²) in [7, 11) is 0. The van der Waals surface area contributed by atoms with Gasteiger partial charge >= 0.3 is 0 Å². The van der Waals surface area contributed by atoms with Crippen LogP contribution in [0.25, 0.3) is 0 Å². The van der Waals surface area contributed by atoms with Gasteiger partial charge in [-0.25, -0.2) is 0 Å². The number of rotatable bonds is 6. The average molecular weight is 222 g/mol. The van der Waals surface area contributed by atoms with Gasteiger partial charge < -0.3 is 9.84 Å². The van der Waals surface area contributed by atoms with Gasteiger partial charge in [0.1, 0.15) is 5.76 Å². The summed E-state index contributed by atoms with van der Waals surface area (Å²) in [6, 6.07) is 0. The lowest BCUT2D eigenvalue weighted by Crippen LogP contribution is -2.24. The number of hydrogen-bond donors (Lipinski definition) is 1. The standard InChI is InChI=1S/C12H18N2O2/c1-4-5-8-13-12(15)7-6-11-9(2)14-16-10(11)3/h4H,1,5-8H2,2-3H3,(H,13,15). The predicted molar refractivity (Wildman–Crippen MR) is 62.1 cm³/mol. The lowest BCUT2D eigenvalue weighted by Gasteiger charge is -2.03. The Morgan fingerprint density at radius 2 is 2.31 bits per heavy atom. The fourth-order valence-corrected chi connectivity index (χ4v) is 1.50. The Bertz CT molecular complexity index is 350. The zero-order valence-electron chi connectivity index (χ0n) is 9.88. The highest BCUT2D eigenvalue weighted by Gasteiger charge is 2.10. The van der Waals surface area contributed by atoms with Gasteiger partial charge in [-0.05, 0) is 26.7 Å². The summed E-state index contributed by atoms with van der Waals surface area (Å²) in [5, 5.41) is 6.67. The topological polar surface area (TPSA) is 55.1 Å². The second-order valence-electron chi connectivity index (χ2n) is 3.73. The number of hydrogen-bond acceptors (Lipinski definition) is 3. The van der Waals surface area contributed by atoms with Crippen LogP contribution in [0.4, 0.5) is 0 Å². The molecule has 1 aromatic heterocycles. The molecule has 1 aromatic rings. The molecular formula is C12H18N2O2. The quantitative estimate of drug-likeness (QED) is 0.591. The Balaban J connectivity index is 2.34. The van der Waals surface area contributed by atoms with Crippen molar-refractivity contribution in [2.75, 3.05) is 6.54 Å². The Morgan fingerprint density at radius 1 is 1.56 bits per heavy atom. The molecule has 0 saturated carbocycles. The predicted octanol–water partition coefficient (Wildman–Crippen LogP) is 1.92. The Kier molecular flexibility index (Phi) is 4.76. The molecule has 1 heterocycles. The van der Waals surface area contributed by atoms with Crippen molar-refractivity contribution in [1.82, 2.24) is 10.5 Å². The van der Waals surface area contributed by atoms with E-state index in [0.717, 1.165) is 23.4 Å². The first-order valence-corrected chi connectivity index (χ1v) is 5.44. The van der Waals surface area contributed by atoms with E-state index in [4.69, 9.17) is 4.52 Å². The number of nitrogens with zero attached hydrogens (tertiary/aromatic N) is 1. The summed E-state index contributed by atoms with van der Waals surface area (Å²) in [5.41, 5.74) is 1.91. The summed E-state index contributed by atoms with van der Waals surface area (Å²) in [5.74, 6) is 0.859. The summed E-state index contributed by atoms with van der Waals surface area (Å²) in [6.45, 7) is 8.01. The number of carbonyl (C=O) groups excluding carboxylic acids is 1. The summed E-state index contributed by atoms with van der Waals surface area (Å²) in [6.07, 6.45) is 3.74. The van der Waals surface area contributed by atoms with Crippen LogP contribution in [0.15, 0.2) is 17.2 Å². The van der Waals surface area contributed by atoms with E-state index >= 15 is 0 Å². The van der Waals surface area contributed by atoms with Gasteiger partial charge in [0.15, 0.2) is 0 Å². The van der Waals surface area contributed by atoms with Crippen molar-refractivity contribution in [1.29, 1.82) is 0 Å². The molecular weight excluding hydrogens is 204 g/mol. The summed E-state index contributed by atoms with van der Waals surface area (Å²) >= 11 is 0. The minimum Gasteiger partial charge on any atom is -0.361 e. The first-order chi connectivity index (χ1) is 7.65. The van der Waals surface area contributed by atoms with Crippen molar-refractivity contribution in [2.45, 2.75) is 33.1 Å². The molecule has 16 heavy (non-hydrogen) atoms. The minimum absolute atomic E-state index is 0.0573. The molecule has 0 atom stereocenters. The summed E-state index contributed by atoms with van der Waals surface area (Å²) < 4.78 is 5.03. The molecule has 0 bridgehead atoms. The Labute approximate surface area is 95.7 Å². The normalized spacial score (nSPS) is 10.1. The fourth-order valence-electron chi connectivity index (χ4n) is 1.50. The van der Waals surface area contributed by atoms with Crippen molar-refractivity contribution >= 4 is 5.91 Å². The van der Waals surface area contributed by atoms with Crippen LogP contribution in [0.5, 0.6) is 0 Å². The third kappa shape index (κ3) is 3.53. The van der Waals surface area contributed by atoms with Gasteiger partial charge in [0.05, 0.1) is 5.69 Å². The van der Waals surface area contributed by atoms with Crippen LogP contribution >= 0.6 is 0 Å². The van der Waals surface area contributed by atoms with E-state index < -0.39 is 0 Å². The van der Waals surface area contributed by atoms with Crippen molar-refractivity contribution < 1.29 is 9.32 Å². The highest BCUT2D eigenvalue weighted by Crippen LogP contribution is 2.13. The molecule has 0 saturated heterocycles. The SMILES string of the molecule is C=CCCNC(=O)CCc1c(C)noc1C. The largest absolute Gasteiger partial charge is 0.361 e. The first kappa shape index (κ1) is 12.5. The van der Waals surface area contributed by atoms with Crippen LogP contribution in [-0.4, -0.2) is 17.6 Å². The molecule has 0 aliphatic heterocycles. The molecule has 0 radical (unpaired) electrons. The van der Waals surface area contributed by atoms with Gasteiger partial charge in [0.25, 0.3) is 0 Å². The van der Waals surface area contributed by atoms with Crippen LogP contribution in [-0.2, 0) is 11.2 Å². The van der Waals surface area contributed by atoms with E-state index in [1.54, 1.807) is 6.08 Å². The van der Waals surface area contributed by atoms with E-state index in [9.17, 15) is 4.79 Å². The van der Waals surface area contributed by atoms with E-state index in [2.05, 4.69) is 17.1 Å². The number of carbonyl (C=O) groups is 1.